The minimum absolute atomic E-state index is 0.0283. The molecule has 1 amide bonds. The van der Waals surface area contributed by atoms with E-state index in [1.807, 2.05) is 0 Å². The number of nitrogens with zero attached hydrogens (tertiary/aromatic N) is 3. The number of halogens is 5. The Kier molecular flexibility index (Phi) is 6.96. The van der Waals surface area contributed by atoms with E-state index in [1.165, 1.54) is 12.1 Å². The first-order valence-corrected chi connectivity index (χ1v) is 9.67. The van der Waals surface area contributed by atoms with Gasteiger partial charge in [0.1, 0.15) is 11.6 Å². The summed E-state index contributed by atoms with van der Waals surface area (Å²) < 4.78 is 62.0. The predicted octanol–water partition coefficient (Wildman–Crippen LogP) is 3.10. The van der Waals surface area contributed by atoms with Crippen molar-refractivity contribution in [3.05, 3.63) is 73.6 Å². The highest BCUT2D eigenvalue weighted by Crippen LogP contribution is 2.31. The molecule has 0 bridgehead atoms. The van der Waals surface area contributed by atoms with E-state index in [2.05, 4.69) is 15.2 Å². The molecule has 1 heterocycles. The number of benzene rings is 2. The highest BCUT2D eigenvalue weighted by molar-refractivity contribution is 6.32. The minimum atomic E-state index is -5.01. The zero-order valence-corrected chi connectivity index (χ0v) is 18.2. The van der Waals surface area contributed by atoms with Crippen LogP contribution < -0.4 is 26.0 Å². The lowest BCUT2D eigenvalue weighted by Gasteiger charge is -2.14. The molecule has 3 rings (SSSR count). The summed E-state index contributed by atoms with van der Waals surface area (Å²) >= 11 is 5.73. The molecule has 0 saturated carbocycles. The molecular weight excluding hydrogens is 488 g/mol. The first-order valence-electron chi connectivity index (χ1n) is 9.29. The molecular formula is C20H15ClF4N4O5. The van der Waals surface area contributed by atoms with Gasteiger partial charge in [0.05, 0.1) is 30.1 Å². The van der Waals surface area contributed by atoms with Crippen molar-refractivity contribution in [2.75, 3.05) is 12.4 Å². The molecule has 0 unspecified atom stereocenters. The normalized spacial score (nSPS) is 11.3. The fourth-order valence-corrected chi connectivity index (χ4v) is 3.05. The summed E-state index contributed by atoms with van der Waals surface area (Å²) in [5.41, 5.74) is -2.19. The van der Waals surface area contributed by atoms with Crippen LogP contribution in [0.25, 0.3) is 5.69 Å². The molecule has 0 fully saturated rings. The summed E-state index contributed by atoms with van der Waals surface area (Å²) in [5.74, 6) is -2.60. The topological polar surface area (TPSA) is 104 Å². The van der Waals surface area contributed by atoms with Crippen molar-refractivity contribution in [1.29, 1.82) is 0 Å². The number of rotatable bonds is 6. The van der Waals surface area contributed by atoms with Crippen LogP contribution in [0.1, 0.15) is 12.5 Å². The molecule has 3 aromatic rings. The summed E-state index contributed by atoms with van der Waals surface area (Å²) in [5, 5.41) is 5.73. The Morgan fingerprint density at radius 3 is 2.50 bits per heavy atom. The van der Waals surface area contributed by atoms with E-state index in [9.17, 15) is 31.9 Å². The van der Waals surface area contributed by atoms with E-state index in [-0.39, 0.29) is 22.0 Å². The second-order valence-corrected chi connectivity index (χ2v) is 7.16. The molecule has 0 aliphatic carbocycles. The third kappa shape index (κ3) is 5.54. The fraction of sp³-hybridized carbons (Fsp3) is 0.200. The maximum Gasteiger partial charge on any atom is 0.573 e. The number of carbonyl (C=O) groups is 1. The number of nitrogens with one attached hydrogen (secondary N) is 1. The fourth-order valence-electron chi connectivity index (χ4n) is 2.89. The molecule has 14 heteroatoms. The number of aromatic nitrogens is 3. The first-order chi connectivity index (χ1) is 15.9. The molecule has 180 valence electrons. The van der Waals surface area contributed by atoms with Crippen LogP contribution in [0.15, 0.2) is 46.0 Å². The highest BCUT2D eigenvalue weighted by atomic mass is 35.5. The average molecular weight is 503 g/mol. The summed E-state index contributed by atoms with van der Waals surface area (Å²) in [4.78, 5) is 37.0. The number of hydrogen-bond acceptors (Lipinski definition) is 6. The number of alkyl halides is 3. The SMILES string of the molecule is COc1nn(-c2ccc(F)c(NC(C)=O)c2)c(=O)n(Cc2ccc(Cl)c(OC(F)(F)F)c2)c1=O. The Balaban J connectivity index is 2.12. The third-order valence-electron chi connectivity index (χ3n) is 4.29. The molecule has 0 aliphatic heterocycles. The molecule has 2 aromatic carbocycles. The van der Waals surface area contributed by atoms with Crippen LogP contribution in [0.2, 0.25) is 5.02 Å². The highest BCUT2D eigenvalue weighted by Gasteiger charge is 2.32. The lowest BCUT2D eigenvalue weighted by molar-refractivity contribution is -0.274. The van der Waals surface area contributed by atoms with Gasteiger partial charge in [0.2, 0.25) is 5.91 Å². The Morgan fingerprint density at radius 1 is 1.18 bits per heavy atom. The van der Waals surface area contributed by atoms with Crippen molar-refractivity contribution >= 4 is 23.2 Å². The molecule has 1 aromatic heterocycles. The van der Waals surface area contributed by atoms with Gasteiger partial charge in [0, 0.05) is 6.92 Å². The molecule has 0 spiro atoms. The first kappa shape index (κ1) is 24.8. The van der Waals surface area contributed by atoms with Gasteiger partial charge in [-0.1, -0.05) is 17.7 Å². The van der Waals surface area contributed by atoms with Gasteiger partial charge in [0.25, 0.3) is 5.88 Å². The van der Waals surface area contributed by atoms with Gasteiger partial charge in [-0.15, -0.1) is 18.3 Å². The van der Waals surface area contributed by atoms with Crippen molar-refractivity contribution in [3.63, 3.8) is 0 Å². The Labute approximate surface area is 193 Å². The van der Waals surface area contributed by atoms with Gasteiger partial charge in [-0.05, 0) is 35.9 Å². The Hall–Kier alpha value is -3.87. The molecule has 9 nitrogen and oxygen atoms in total. The van der Waals surface area contributed by atoms with E-state index < -0.39 is 47.5 Å². The van der Waals surface area contributed by atoms with Gasteiger partial charge < -0.3 is 14.8 Å². The molecule has 0 radical (unpaired) electrons. The lowest BCUT2D eigenvalue weighted by atomic mass is 10.2. The summed E-state index contributed by atoms with van der Waals surface area (Å²) in [7, 11) is 1.12. The summed E-state index contributed by atoms with van der Waals surface area (Å²) in [6, 6.07) is 6.57. The molecule has 0 atom stereocenters. The number of methoxy groups -OCH3 is 1. The molecule has 0 aliphatic rings. The van der Waals surface area contributed by atoms with Crippen molar-refractivity contribution in [2.45, 2.75) is 19.8 Å². The molecule has 1 N–H and O–H groups in total. The maximum atomic E-state index is 14.0. The number of carbonyl (C=O) groups excluding carboxylic acids is 1. The maximum absolute atomic E-state index is 14.0. The summed E-state index contributed by atoms with van der Waals surface area (Å²) in [6.45, 7) is 0.657. The van der Waals surface area contributed by atoms with Crippen molar-refractivity contribution in [2.24, 2.45) is 0 Å². The van der Waals surface area contributed by atoms with E-state index in [4.69, 9.17) is 16.3 Å². The van der Waals surface area contributed by atoms with E-state index in [0.29, 0.717) is 9.25 Å². The zero-order valence-electron chi connectivity index (χ0n) is 17.4. The van der Waals surface area contributed by atoms with Crippen LogP contribution in [-0.4, -0.2) is 33.7 Å². The number of amides is 1. The third-order valence-corrected chi connectivity index (χ3v) is 4.60. The van der Waals surface area contributed by atoms with E-state index in [1.54, 1.807) is 0 Å². The van der Waals surface area contributed by atoms with Gasteiger partial charge in [-0.3, -0.25) is 9.59 Å². The second kappa shape index (κ2) is 9.55. The van der Waals surface area contributed by atoms with Crippen LogP contribution in [-0.2, 0) is 11.3 Å². The Bertz CT molecular complexity index is 1370. The quantitative estimate of drug-likeness (QED) is 0.519. The smallest absolute Gasteiger partial charge is 0.476 e. The van der Waals surface area contributed by atoms with Crippen LogP contribution in [0, 0.1) is 5.82 Å². The van der Waals surface area contributed by atoms with Crippen LogP contribution in [0.5, 0.6) is 11.6 Å². The van der Waals surface area contributed by atoms with E-state index in [0.717, 1.165) is 38.3 Å². The van der Waals surface area contributed by atoms with Crippen molar-refractivity contribution < 1.29 is 31.8 Å². The van der Waals surface area contributed by atoms with Crippen molar-refractivity contribution in [3.8, 4) is 17.3 Å². The minimum Gasteiger partial charge on any atom is -0.476 e. The number of ether oxygens (including phenoxy) is 2. The molecule has 0 saturated heterocycles. The largest absolute Gasteiger partial charge is 0.573 e. The van der Waals surface area contributed by atoms with Gasteiger partial charge in [-0.2, -0.15) is 4.68 Å². The Morgan fingerprint density at radius 2 is 1.88 bits per heavy atom. The summed E-state index contributed by atoms with van der Waals surface area (Å²) in [6.07, 6.45) is -5.01. The lowest BCUT2D eigenvalue weighted by Crippen LogP contribution is -2.41. The van der Waals surface area contributed by atoms with Crippen LogP contribution >= 0.6 is 11.6 Å². The van der Waals surface area contributed by atoms with Crippen molar-refractivity contribution in [1.82, 2.24) is 14.3 Å². The number of hydrogen-bond donors (Lipinski definition) is 1. The average Bonchev–Trinajstić information content (AvgIpc) is 2.74. The van der Waals surface area contributed by atoms with Crippen LogP contribution in [0.3, 0.4) is 0 Å². The van der Waals surface area contributed by atoms with Crippen LogP contribution in [0.4, 0.5) is 23.2 Å². The standard InChI is InChI=1S/C20H15ClF4N4O5/c1-10(30)26-15-8-12(4-6-14(15)22)29-19(32)28(18(31)17(27-29)33-2)9-11-3-5-13(21)16(7-11)34-20(23,24)25/h3-8H,9H2,1-2H3,(H,26,30). The van der Waals surface area contributed by atoms with Gasteiger partial charge in [0.15, 0.2) is 0 Å². The zero-order chi connectivity index (χ0) is 25.2. The predicted molar refractivity (Wildman–Crippen MR) is 112 cm³/mol. The van der Waals surface area contributed by atoms with Gasteiger partial charge in [-0.25, -0.2) is 13.8 Å². The van der Waals surface area contributed by atoms with Gasteiger partial charge >= 0.3 is 17.6 Å². The van der Waals surface area contributed by atoms with E-state index >= 15 is 0 Å². The second-order valence-electron chi connectivity index (χ2n) is 6.75. The number of anilines is 1. The molecule has 34 heavy (non-hydrogen) atoms. The monoisotopic (exact) mass is 502 g/mol.